The third-order valence-electron chi connectivity index (χ3n) is 3.42. The van der Waals surface area contributed by atoms with Gasteiger partial charge in [-0.3, -0.25) is 4.79 Å². The van der Waals surface area contributed by atoms with Crippen molar-refractivity contribution in [3.63, 3.8) is 0 Å². The number of hydrogen-bond acceptors (Lipinski definition) is 3. The van der Waals surface area contributed by atoms with Crippen molar-refractivity contribution in [3.05, 3.63) is 18.2 Å². The van der Waals surface area contributed by atoms with Crippen molar-refractivity contribution in [1.82, 2.24) is 14.9 Å². The smallest absolute Gasteiger partial charge is 0.320 e. The molecule has 1 aromatic rings. The maximum Gasteiger partial charge on any atom is 0.320 e. The fraction of sp³-hybridized carbons (Fsp3) is 0.667. The minimum Gasteiger partial charge on any atom is -0.480 e. The van der Waals surface area contributed by atoms with Crippen molar-refractivity contribution in [2.45, 2.75) is 44.2 Å². The second kappa shape index (κ2) is 5.31. The van der Waals surface area contributed by atoms with E-state index in [0.29, 0.717) is 6.04 Å². The number of carboxylic acid groups (broad SMARTS) is 1. The van der Waals surface area contributed by atoms with Crippen molar-refractivity contribution in [1.29, 1.82) is 0 Å². The molecule has 2 rings (SSSR count). The van der Waals surface area contributed by atoms with Crippen molar-refractivity contribution in [2.75, 3.05) is 0 Å². The lowest BCUT2D eigenvalue weighted by Crippen LogP contribution is -2.46. The summed E-state index contributed by atoms with van der Waals surface area (Å²) in [6.45, 7) is 0. The molecule has 1 aliphatic rings. The van der Waals surface area contributed by atoms with Crippen LogP contribution in [0.15, 0.2) is 12.4 Å². The molecule has 0 aromatic carbocycles. The van der Waals surface area contributed by atoms with Crippen LogP contribution < -0.4 is 5.32 Å². The van der Waals surface area contributed by atoms with E-state index in [1.54, 1.807) is 6.20 Å². The Hall–Kier alpha value is -1.36. The molecule has 5 nitrogen and oxygen atoms in total. The number of imidazole rings is 1. The largest absolute Gasteiger partial charge is 0.480 e. The van der Waals surface area contributed by atoms with Crippen LogP contribution in [0.2, 0.25) is 0 Å². The quantitative estimate of drug-likeness (QED) is 0.818. The molecular weight excluding hydrogens is 218 g/mol. The van der Waals surface area contributed by atoms with Gasteiger partial charge in [0.25, 0.3) is 0 Å². The third-order valence-corrected chi connectivity index (χ3v) is 3.42. The van der Waals surface area contributed by atoms with E-state index < -0.39 is 5.97 Å². The standard InChI is InChI=1S/C12H19N3O2/c1-15-8-7-13-11(15)6-5-9-3-2-4-10(14-9)12(16)17/h7-10,14H,2-6H2,1H3,(H,16,17). The highest BCUT2D eigenvalue weighted by Gasteiger charge is 2.25. The van der Waals surface area contributed by atoms with Crippen molar-refractivity contribution < 1.29 is 9.90 Å². The Morgan fingerprint density at radius 2 is 2.47 bits per heavy atom. The first-order chi connectivity index (χ1) is 8.16. The Morgan fingerprint density at radius 1 is 1.65 bits per heavy atom. The van der Waals surface area contributed by atoms with Gasteiger partial charge >= 0.3 is 5.97 Å². The van der Waals surface area contributed by atoms with E-state index in [1.807, 2.05) is 17.8 Å². The number of piperidine rings is 1. The Morgan fingerprint density at radius 3 is 3.12 bits per heavy atom. The summed E-state index contributed by atoms with van der Waals surface area (Å²) in [6, 6.07) is -0.0586. The lowest BCUT2D eigenvalue weighted by Gasteiger charge is -2.28. The molecule has 0 amide bonds. The van der Waals surface area contributed by atoms with Gasteiger partial charge in [0.1, 0.15) is 11.9 Å². The van der Waals surface area contributed by atoms with E-state index in [2.05, 4.69) is 10.3 Å². The molecule has 2 unspecified atom stereocenters. The summed E-state index contributed by atoms with van der Waals surface area (Å²) in [6.07, 6.45) is 8.38. The molecule has 0 aliphatic carbocycles. The monoisotopic (exact) mass is 237 g/mol. The summed E-state index contributed by atoms with van der Waals surface area (Å²) >= 11 is 0. The first-order valence-electron chi connectivity index (χ1n) is 6.12. The Bertz CT molecular complexity index is 389. The van der Waals surface area contributed by atoms with Gasteiger partial charge in [0.2, 0.25) is 0 Å². The van der Waals surface area contributed by atoms with Crippen molar-refractivity contribution in [2.24, 2.45) is 7.05 Å². The van der Waals surface area contributed by atoms with Crippen LogP contribution in [0.5, 0.6) is 0 Å². The minimum atomic E-state index is -0.730. The lowest BCUT2D eigenvalue weighted by molar-refractivity contribution is -0.140. The van der Waals surface area contributed by atoms with Crippen LogP contribution >= 0.6 is 0 Å². The van der Waals surface area contributed by atoms with Gasteiger partial charge < -0.3 is 15.0 Å². The molecule has 2 atom stereocenters. The predicted octanol–water partition coefficient (Wildman–Crippen LogP) is 0.948. The molecule has 1 saturated heterocycles. The zero-order valence-corrected chi connectivity index (χ0v) is 10.1. The van der Waals surface area contributed by atoms with Crippen molar-refractivity contribution >= 4 is 5.97 Å². The molecule has 94 valence electrons. The number of nitrogens with one attached hydrogen (secondary N) is 1. The summed E-state index contributed by atoms with van der Waals surface area (Å²) < 4.78 is 2.01. The molecule has 17 heavy (non-hydrogen) atoms. The summed E-state index contributed by atoms with van der Waals surface area (Å²) in [5.41, 5.74) is 0. The van der Waals surface area contributed by atoms with Crippen LogP contribution in [0.1, 0.15) is 31.5 Å². The summed E-state index contributed by atoms with van der Waals surface area (Å²) in [7, 11) is 1.98. The fourth-order valence-electron chi connectivity index (χ4n) is 2.38. The van der Waals surface area contributed by atoms with Crippen LogP contribution in [0.3, 0.4) is 0 Å². The first-order valence-corrected chi connectivity index (χ1v) is 6.12. The summed E-state index contributed by atoms with van der Waals surface area (Å²) in [5, 5.41) is 12.2. The predicted molar refractivity (Wildman–Crippen MR) is 63.7 cm³/mol. The number of aromatic nitrogens is 2. The molecule has 0 spiro atoms. The number of aliphatic carboxylic acids is 1. The molecule has 0 radical (unpaired) electrons. The normalized spacial score (nSPS) is 24.8. The van der Waals surface area contributed by atoms with Crippen LogP contribution in [0.4, 0.5) is 0 Å². The Labute approximate surface area is 101 Å². The van der Waals surface area contributed by atoms with Gasteiger partial charge in [-0.1, -0.05) is 0 Å². The number of aryl methyl sites for hydroxylation is 2. The summed E-state index contributed by atoms with van der Waals surface area (Å²) in [4.78, 5) is 15.2. The molecule has 0 bridgehead atoms. The van der Waals surface area contributed by atoms with Crippen molar-refractivity contribution in [3.8, 4) is 0 Å². The molecule has 5 heteroatoms. The van der Waals surface area contributed by atoms with E-state index in [1.165, 1.54) is 0 Å². The highest BCUT2D eigenvalue weighted by molar-refractivity contribution is 5.73. The van der Waals surface area contributed by atoms with Crippen LogP contribution in [-0.2, 0) is 18.3 Å². The SMILES string of the molecule is Cn1ccnc1CCC1CCCC(C(=O)O)N1. The second-order valence-electron chi connectivity index (χ2n) is 4.68. The van der Waals surface area contributed by atoms with E-state index in [9.17, 15) is 4.79 Å². The molecule has 2 N–H and O–H groups in total. The van der Waals surface area contributed by atoms with Gasteiger partial charge in [-0.05, 0) is 25.7 Å². The molecular formula is C12H19N3O2. The topological polar surface area (TPSA) is 67.2 Å². The minimum absolute atomic E-state index is 0.307. The molecule has 0 saturated carbocycles. The van der Waals surface area contributed by atoms with E-state index in [4.69, 9.17) is 5.11 Å². The number of carbonyl (C=O) groups is 1. The fourth-order valence-corrected chi connectivity index (χ4v) is 2.38. The van der Waals surface area contributed by atoms with Gasteiger partial charge in [-0.25, -0.2) is 4.98 Å². The van der Waals surface area contributed by atoms with E-state index in [-0.39, 0.29) is 6.04 Å². The van der Waals surface area contributed by atoms with Crippen LogP contribution in [-0.4, -0.2) is 32.7 Å². The van der Waals surface area contributed by atoms with Gasteiger partial charge in [-0.2, -0.15) is 0 Å². The van der Waals surface area contributed by atoms with Gasteiger partial charge in [0, 0.05) is 31.9 Å². The number of nitrogens with zero attached hydrogens (tertiary/aromatic N) is 2. The molecule has 1 aromatic heterocycles. The maximum absolute atomic E-state index is 10.9. The van der Waals surface area contributed by atoms with Crippen LogP contribution in [0.25, 0.3) is 0 Å². The highest BCUT2D eigenvalue weighted by Crippen LogP contribution is 2.16. The average molecular weight is 237 g/mol. The molecule has 1 aliphatic heterocycles. The Kier molecular flexibility index (Phi) is 3.78. The van der Waals surface area contributed by atoms with Gasteiger partial charge in [-0.15, -0.1) is 0 Å². The van der Waals surface area contributed by atoms with E-state index >= 15 is 0 Å². The van der Waals surface area contributed by atoms with Gasteiger partial charge in [0.05, 0.1) is 0 Å². The number of hydrogen-bond donors (Lipinski definition) is 2. The highest BCUT2D eigenvalue weighted by atomic mass is 16.4. The molecule has 1 fully saturated rings. The zero-order chi connectivity index (χ0) is 12.3. The maximum atomic E-state index is 10.9. The van der Waals surface area contributed by atoms with Crippen LogP contribution in [0, 0.1) is 0 Å². The number of carboxylic acids is 1. The Balaban J connectivity index is 1.83. The van der Waals surface area contributed by atoms with E-state index in [0.717, 1.165) is 37.9 Å². The van der Waals surface area contributed by atoms with Gasteiger partial charge in [0.15, 0.2) is 0 Å². The molecule has 2 heterocycles. The second-order valence-corrected chi connectivity index (χ2v) is 4.68. The zero-order valence-electron chi connectivity index (χ0n) is 10.1. The number of rotatable bonds is 4. The third kappa shape index (κ3) is 3.06. The lowest BCUT2D eigenvalue weighted by atomic mass is 9.95. The summed E-state index contributed by atoms with van der Waals surface area (Å²) in [5.74, 6) is 0.330. The average Bonchev–Trinajstić information content (AvgIpc) is 2.72. The first kappa shape index (κ1) is 12.1.